The van der Waals surface area contributed by atoms with Crippen molar-refractivity contribution in [3.8, 4) is 0 Å². The lowest BCUT2D eigenvalue weighted by atomic mass is 10.1. The van der Waals surface area contributed by atoms with Crippen molar-refractivity contribution in [2.75, 3.05) is 13.2 Å². The van der Waals surface area contributed by atoms with Gasteiger partial charge in [-0.05, 0) is 6.92 Å². The second-order valence-corrected chi connectivity index (χ2v) is 3.26. The van der Waals surface area contributed by atoms with Gasteiger partial charge in [-0.15, -0.1) is 0 Å². The molecule has 0 aliphatic carbocycles. The smallest absolute Gasteiger partial charge is 0.226 e. The fraction of sp³-hybridized carbons (Fsp3) is 0.857. The van der Waals surface area contributed by atoms with Crippen molar-refractivity contribution in [1.82, 2.24) is 15.5 Å². The van der Waals surface area contributed by atoms with Crippen LogP contribution in [0.4, 0.5) is 0 Å². The van der Waals surface area contributed by atoms with Gasteiger partial charge in [0.15, 0.2) is 0 Å². The summed E-state index contributed by atoms with van der Waals surface area (Å²) in [6, 6.07) is 0.337. The average molecular weight is 155 g/mol. The second-order valence-electron chi connectivity index (χ2n) is 3.26. The van der Waals surface area contributed by atoms with Gasteiger partial charge in [-0.2, -0.15) is 0 Å². The van der Waals surface area contributed by atoms with Crippen LogP contribution >= 0.6 is 0 Å². The quantitative estimate of drug-likeness (QED) is 0.475. The zero-order valence-electron chi connectivity index (χ0n) is 6.63. The molecule has 2 N–H and O–H groups in total. The molecule has 0 aromatic rings. The summed E-state index contributed by atoms with van der Waals surface area (Å²) in [7, 11) is 0. The third-order valence-electron chi connectivity index (χ3n) is 2.27. The largest absolute Gasteiger partial charge is 0.313 e. The van der Waals surface area contributed by atoms with Crippen LogP contribution < -0.4 is 10.6 Å². The van der Waals surface area contributed by atoms with Crippen LogP contribution in [0.3, 0.4) is 0 Å². The van der Waals surface area contributed by atoms with Gasteiger partial charge < -0.3 is 4.90 Å². The molecule has 0 spiro atoms. The summed E-state index contributed by atoms with van der Waals surface area (Å²) in [6.07, 6.45) is 0.879. The van der Waals surface area contributed by atoms with Crippen LogP contribution in [-0.4, -0.2) is 36.2 Å². The number of rotatable bonds is 0. The summed E-state index contributed by atoms with van der Waals surface area (Å²) in [5.41, 5.74) is 0. The number of nitrogens with one attached hydrogen (secondary N) is 2. The highest BCUT2D eigenvalue weighted by atomic mass is 16.2. The molecule has 2 unspecified atom stereocenters. The van der Waals surface area contributed by atoms with Crippen molar-refractivity contribution < 1.29 is 4.79 Å². The topological polar surface area (TPSA) is 44.4 Å². The molecular formula is C7H13N3O. The van der Waals surface area contributed by atoms with Gasteiger partial charge in [-0.1, -0.05) is 0 Å². The Bertz CT molecular complexity index is 183. The summed E-state index contributed by atoms with van der Waals surface area (Å²) in [5.74, 6) is 0.270. The molecule has 2 saturated heterocycles. The van der Waals surface area contributed by atoms with Crippen LogP contribution in [0, 0.1) is 0 Å². The third-order valence-corrected chi connectivity index (χ3v) is 2.27. The van der Waals surface area contributed by atoms with Gasteiger partial charge in [0.25, 0.3) is 0 Å². The minimum atomic E-state index is 0.242. The molecule has 4 nitrogen and oxygen atoms in total. The Balaban J connectivity index is 2.10. The maximum Gasteiger partial charge on any atom is 0.226 e. The molecule has 0 radical (unpaired) electrons. The molecule has 2 fully saturated rings. The van der Waals surface area contributed by atoms with Crippen LogP contribution in [0.1, 0.15) is 13.3 Å². The Hall–Kier alpha value is -0.610. The van der Waals surface area contributed by atoms with Crippen LogP contribution in [0.2, 0.25) is 0 Å². The molecule has 11 heavy (non-hydrogen) atoms. The number of hydrogen-bond acceptors (Lipinski definition) is 3. The van der Waals surface area contributed by atoms with E-state index in [1.165, 1.54) is 0 Å². The van der Waals surface area contributed by atoms with E-state index < -0.39 is 0 Å². The summed E-state index contributed by atoms with van der Waals surface area (Å²) >= 11 is 0. The summed E-state index contributed by atoms with van der Waals surface area (Å²) in [6.45, 7) is 3.65. The van der Waals surface area contributed by atoms with Crippen LogP contribution in [-0.2, 0) is 4.79 Å². The van der Waals surface area contributed by atoms with Crippen LogP contribution in [0.25, 0.3) is 0 Å². The van der Waals surface area contributed by atoms with Crippen molar-refractivity contribution in [3.05, 3.63) is 0 Å². The average Bonchev–Trinajstić information content (AvgIpc) is 2.34. The number of hydrogen-bond donors (Lipinski definition) is 2. The zero-order valence-corrected chi connectivity index (χ0v) is 6.63. The molecule has 1 amide bonds. The van der Waals surface area contributed by atoms with Gasteiger partial charge in [0.2, 0.25) is 5.91 Å². The minimum Gasteiger partial charge on any atom is -0.313 e. The first kappa shape index (κ1) is 7.06. The molecule has 0 aromatic heterocycles. The van der Waals surface area contributed by atoms with E-state index in [1.807, 2.05) is 11.8 Å². The minimum absolute atomic E-state index is 0.242. The molecule has 0 bridgehead atoms. The maximum atomic E-state index is 11.3. The highest BCUT2D eigenvalue weighted by molar-refractivity contribution is 5.78. The molecular weight excluding hydrogens is 142 g/mol. The zero-order chi connectivity index (χ0) is 7.84. The summed E-state index contributed by atoms with van der Waals surface area (Å²) in [5, 5.41) is 6.51. The molecule has 62 valence electrons. The first-order valence-corrected chi connectivity index (χ1v) is 4.03. The number of nitrogens with zero attached hydrogens (tertiary/aromatic N) is 1. The van der Waals surface area contributed by atoms with Crippen molar-refractivity contribution in [2.45, 2.75) is 25.6 Å². The molecule has 0 saturated carbocycles. The first-order chi connectivity index (χ1) is 5.27. The SMILES string of the molecule is CC1CC(=O)N2CNCC2N1. The van der Waals surface area contributed by atoms with E-state index in [4.69, 9.17) is 0 Å². The Morgan fingerprint density at radius 2 is 2.45 bits per heavy atom. The summed E-state index contributed by atoms with van der Waals surface area (Å²) in [4.78, 5) is 13.2. The Labute approximate surface area is 65.9 Å². The van der Waals surface area contributed by atoms with Crippen molar-refractivity contribution in [1.29, 1.82) is 0 Å². The predicted octanol–water partition coefficient (Wildman–Crippen LogP) is -0.916. The van der Waals surface area contributed by atoms with Gasteiger partial charge in [0.1, 0.15) is 0 Å². The van der Waals surface area contributed by atoms with Crippen molar-refractivity contribution in [2.24, 2.45) is 0 Å². The summed E-state index contributed by atoms with van der Waals surface area (Å²) < 4.78 is 0. The van der Waals surface area contributed by atoms with Crippen LogP contribution in [0.5, 0.6) is 0 Å². The molecule has 2 atom stereocenters. The van der Waals surface area contributed by atoms with Crippen LogP contribution in [0.15, 0.2) is 0 Å². The lowest BCUT2D eigenvalue weighted by molar-refractivity contribution is -0.135. The van der Waals surface area contributed by atoms with Crippen molar-refractivity contribution >= 4 is 5.91 Å². The van der Waals surface area contributed by atoms with E-state index >= 15 is 0 Å². The lowest BCUT2D eigenvalue weighted by Gasteiger charge is -2.33. The predicted molar refractivity (Wildman–Crippen MR) is 40.7 cm³/mol. The molecule has 2 heterocycles. The normalized spacial score (nSPS) is 37.5. The van der Waals surface area contributed by atoms with Gasteiger partial charge in [-0.3, -0.25) is 15.4 Å². The molecule has 0 aromatic carbocycles. The van der Waals surface area contributed by atoms with E-state index in [9.17, 15) is 4.79 Å². The highest BCUT2D eigenvalue weighted by Gasteiger charge is 2.33. The number of amides is 1. The van der Waals surface area contributed by atoms with E-state index in [2.05, 4.69) is 10.6 Å². The van der Waals surface area contributed by atoms with E-state index in [0.717, 1.165) is 6.54 Å². The van der Waals surface area contributed by atoms with Gasteiger partial charge in [-0.25, -0.2) is 0 Å². The first-order valence-electron chi connectivity index (χ1n) is 4.03. The second kappa shape index (κ2) is 2.46. The fourth-order valence-electron chi connectivity index (χ4n) is 1.72. The van der Waals surface area contributed by atoms with E-state index in [1.54, 1.807) is 0 Å². The van der Waals surface area contributed by atoms with Gasteiger partial charge in [0, 0.05) is 19.0 Å². The molecule has 2 aliphatic rings. The highest BCUT2D eigenvalue weighted by Crippen LogP contribution is 2.12. The Morgan fingerprint density at radius 1 is 1.64 bits per heavy atom. The monoisotopic (exact) mass is 155 g/mol. The van der Waals surface area contributed by atoms with Gasteiger partial charge >= 0.3 is 0 Å². The number of carbonyl (C=O) groups excluding carboxylic acids is 1. The van der Waals surface area contributed by atoms with Gasteiger partial charge in [0.05, 0.1) is 12.8 Å². The maximum absolute atomic E-state index is 11.3. The molecule has 4 heteroatoms. The third kappa shape index (κ3) is 1.12. The fourth-order valence-corrected chi connectivity index (χ4v) is 1.72. The standard InChI is InChI=1S/C7H13N3O/c1-5-2-7(11)10-4-8-3-6(10)9-5/h5-6,8-9H,2-4H2,1H3. The van der Waals surface area contributed by atoms with E-state index in [0.29, 0.717) is 19.1 Å². The Morgan fingerprint density at radius 3 is 3.27 bits per heavy atom. The van der Waals surface area contributed by atoms with Crippen molar-refractivity contribution in [3.63, 3.8) is 0 Å². The van der Waals surface area contributed by atoms with E-state index in [-0.39, 0.29) is 12.1 Å². The number of fused-ring (bicyclic) bond motifs is 1. The Kier molecular flexibility index (Phi) is 1.58. The lowest BCUT2D eigenvalue weighted by Crippen LogP contribution is -2.55. The molecule has 2 rings (SSSR count). The number of carbonyl (C=O) groups is 1. The molecule has 2 aliphatic heterocycles.